The summed E-state index contributed by atoms with van der Waals surface area (Å²) in [5.74, 6) is 1.15. The molecule has 3 aliphatic carbocycles. The van der Waals surface area contributed by atoms with Crippen molar-refractivity contribution in [1.29, 1.82) is 0 Å². The van der Waals surface area contributed by atoms with Gasteiger partial charge in [-0.15, -0.1) is 0 Å². The van der Waals surface area contributed by atoms with Crippen LogP contribution in [-0.2, 0) is 14.3 Å². The maximum absolute atomic E-state index is 14.4. The second-order valence-electron chi connectivity index (χ2n) is 15.8. The third-order valence-corrected chi connectivity index (χ3v) is 12.3. The Morgan fingerprint density at radius 2 is 1.67 bits per heavy atom. The molecule has 8 N–H and O–H groups in total. The number of piperidine rings is 1. The Morgan fingerprint density at radius 3 is 2.36 bits per heavy atom. The van der Waals surface area contributed by atoms with Crippen molar-refractivity contribution >= 4 is 5.78 Å². The van der Waals surface area contributed by atoms with Crippen molar-refractivity contribution in [2.75, 3.05) is 20.3 Å². The molecule has 11 atom stereocenters. The summed E-state index contributed by atoms with van der Waals surface area (Å²) >= 11 is 0. The number of nitrogens with two attached hydrogens (primary N) is 2. The van der Waals surface area contributed by atoms with E-state index in [1.54, 1.807) is 7.11 Å². The molecular formula is C36H67N2O7+. The van der Waals surface area contributed by atoms with Gasteiger partial charge < -0.3 is 35.2 Å². The highest BCUT2D eigenvalue weighted by atomic mass is 16.5. The van der Waals surface area contributed by atoms with Crippen molar-refractivity contribution < 1.29 is 40.0 Å². The second kappa shape index (κ2) is 17.7. The van der Waals surface area contributed by atoms with Crippen molar-refractivity contribution in [3.63, 3.8) is 0 Å². The molecule has 0 aromatic heterocycles. The molecule has 0 spiro atoms. The van der Waals surface area contributed by atoms with Gasteiger partial charge in [0.2, 0.25) is 0 Å². The molecule has 9 heteroatoms. The maximum atomic E-state index is 14.4. The van der Waals surface area contributed by atoms with E-state index in [4.69, 9.17) is 15.2 Å². The second-order valence-corrected chi connectivity index (χ2v) is 15.8. The number of ketones is 1. The first-order valence-corrected chi connectivity index (χ1v) is 18.5. The van der Waals surface area contributed by atoms with E-state index < -0.39 is 36.4 Å². The van der Waals surface area contributed by atoms with Crippen LogP contribution in [0.3, 0.4) is 0 Å². The van der Waals surface area contributed by atoms with Crippen molar-refractivity contribution in [3.05, 3.63) is 0 Å². The third-order valence-electron chi connectivity index (χ3n) is 12.3. The molecule has 262 valence electrons. The van der Waals surface area contributed by atoms with Crippen LogP contribution in [0.4, 0.5) is 0 Å². The summed E-state index contributed by atoms with van der Waals surface area (Å²) in [4.78, 5) is 14.4. The van der Waals surface area contributed by atoms with Crippen LogP contribution in [0.15, 0.2) is 0 Å². The molecule has 0 amide bonds. The Hall–Kier alpha value is -0.650. The van der Waals surface area contributed by atoms with Gasteiger partial charge in [0.1, 0.15) is 18.1 Å². The summed E-state index contributed by atoms with van der Waals surface area (Å²) in [5, 5.41) is 45.8. The monoisotopic (exact) mass is 639 g/mol. The highest BCUT2D eigenvalue weighted by Gasteiger charge is 2.53. The van der Waals surface area contributed by atoms with Gasteiger partial charge in [0.15, 0.2) is 0 Å². The molecule has 0 aromatic rings. The van der Waals surface area contributed by atoms with Crippen molar-refractivity contribution in [2.45, 2.75) is 166 Å². The minimum atomic E-state index is -0.891. The van der Waals surface area contributed by atoms with Crippen LogP contribution in [0.25, 0.3) is 0 Å². The Labute approximate surface area is 272 Å². The number of hydrogen-bond acceptors (Lipinski definition) is 8. The van der Waals surface area contributed by atoms with Gasteiger partial charge in [-0.05, 0) is 106 Å². The zero-order chi connectivity index (χ0) is 32.6. The fraction of sp³-hybridized carbons (Fsp3) is 0.972. The summed E-state index contributed by atoms with van der Waals surface area (Å²) in [6, 6.07) is 0. The quantitative estimate of drug-likeness (QED) is 0.141. The molecule has 4 aliphatic rings. The number of Topliss-reactive ketones (excluding diaryl/α,β-unsaturated/α-hetero) is 1. The number of methoxy groups -OCH3 is 1. The summed E-state index contributed by atoms with van der Waals surface area (Å²) in [6.45, 7) is 5.91. The van der Waals surface area contributed by atoms with E-state index in [-0.39, 0.29) is 29.4 Å². The van der Waals surface area contributed by atoms with Crippen LogP contribution in [0.1, 0.15) is 123 Å². The lowest BCUT2D eigenvalue weighted by atomic mass is 9.58. The highest BCUT2D eigenvalue weighted by Crippen LogP contribution is 2.55. The molecule has 9 nitrogen and oxygen atoms in total. The van der Waals surface area contributed by atoms with E-state index in [2.05, 4.69) is 19.2 Å². The minimum absolute atomic E-state index is 0.0430. The van der Waals surface area contributed by atoms with E-state index in [1.807, 2.05) is 0 Å². The number of quaternary nitrogens is 1. The van der Waals surface area contributed by atoms with Gasteiger partial charge in [-0.1, -0.05) is 26.7 Å². The first kappa shape index (κ1) is 37.2. The third kappa shape index (κ3) is 9.94. The summed E-state index contributed by atoms with van der Waals surface area (Å²) in [7, 11) is 1.66. The van der Waals surface area contributed by atoms with Crippen LogP contribution in [0.2, 0.25) is 0 Å². The van der Waals surface area contributed by atoms with Crippen molar-refractivity contribution in [1.82, 2.24) is 0 Å². The van der Waals surface area contributed by atoms with E-state index in [0.29, 0.717) is 62.9 Å². The Balaban J connectivity index is 1.44. The number of ether oxygens (including phenoxy) is 2. The van der Waals surface area contributed by atoms with E-state index in [9.17, 15) is 25.2 Å². The Kier molecular flexibility index (Phi) is 14.6. The average molecular weight is 640 g/mol. The molecule has 1 aliphatic heterocycles. The smallest absolute Gasteiger partial charge is 0.139 e. The number of carbonyl (C=O) groups excluding carboxylic acids is 1. The summed E-state index contributed by atoms with van der Waals surface area (Å²) < 4.78 is 11.6. The molecule has 1 heterocycles. The molecule has 45 heavy (non-hydrogen) atoms. The first-order valence-electron chi connectivity index (χ1n) is 18.5. The Bertz CT molecular complexity index is 883. The average Bonchev–Trinajstić information content (AvgIpc) is 3.50. The fourth-order valence-electron chi connectivity index (χ4n) is 9.71. The Morgan fingerprint density at radius 1 is 0.933 bits per heavy atom. The number of aliphatic hydroxyl groups is 4. The first-order chi connectivity index (χ1) is 21.5. The molecular weight excluding hydrogens is 572 g/mol. The predicted octanol–water partition coefficient (Wildman–Crippen LogP) is 3.04. The molecule has 3 saturated carbocycles. The molecule has 4 fully saturated rings. The van der Waals surface area contributed by atoms with Crippen molar-refractivity contribution in [3.8, 4) is 0 Å². The normalized spacial score (nSPS) is 37.0. The molecule has 4 rings (SSSR count). The predicted molar refractivity (Wildman–Crippen MR) is 174 cm³/mol. The number of carbonyl (C=O) groups is 1. The minimum Gasteiger partial charge on any atom is -0.392 e. The van der Waals surface area contributed by atoms with Gasteiger partial charge in [0.25, 0.3) is 0 Å². The largest absolute Gasteiger partial charge is 0.392 e. The lowest BCUT2D eigenvalue weighted by Crippen LogP contribution is -2.95. The number of aliphatic hydroxyl groups excluding tert-OH is 4. The van der Waals surface area contributed by atoms with Crippen LogP contribution in [-0.4, -0.2) is 89.3 Å². The SMILES string of the molecule is COC1CC(CCC(O)C(C(=O)CCC2CC(O)C(O)C(OCCCC(C)C)C2)C2(C3CC[NH2+]C(N)C3)CCCC2)CCC1O. The van der Waals surface area contributed by atoms with Gasteiger partial charge in [0.05, 0.1) is 37.1 Å². The van der Waals surface area contributed by atoms with Crippen molar-refractivity contribution in [2.24, 2.45) is 40.7 Å². The molecule has 11 unspecified atom stereocenters. The van der Waals surface area contributed by atoms with Crippen LogP contribution < -0.4 is 11.1 Å². The lowest BCUT2D eigenvalue weighted by Gasteiger charge is -2.47. The summed E-state index contributed by atoms with van der Waals surface area (Å²) in [5.41, 5.74) is 6.24. The zero-order valence-electron chi connectivity index (χ0n) is 28.5. The van der Waals surface area contributed by atoms with Gasteiger partial charge >= 0.3 is 0 Å². The van der Waals surface area contributed by atoms with Gasteiger partial charge in [-0.3, -0.25) is 10.5 Å². The van der Waals surface area contributed by atoms with Gasteiger partial charge in [0, 0.05) is 38.9 Å². The lowest BCUT2D eigenvalue weighted by molar-refractivity contribution is -0.700. The molecule has 0 bridgehead atoms. The number of rotatable bonds is 16. The summed E-state index contributed by atoms with van der Waals surface area (Å²) in [6.07, 6.45) is 10.6. The fourth-order valence-corrected chi connectivity index (χ4v) is 9.71. The van der Waals surface area contributed by atoms with E-state index in [0.717, 1.165) is 77.2 Å². The molecule has 0 radical (unpaired) electrons. The standard InChI is InChI=1S/C36H66N2O7/c1-23(2)7-6-18-45-32-21-25(19-30(42)35(32)43)10-13-29(41)34(28(40)12-9-24-8-11-27(39)31(20-24)44-3)36(15-4-5-16-36)26-14-17-38-33(37)22-26/h23-28,30-35,38-40,42-43H,4-22,37H2,1-3H3/p+1. The molecule has 1 saturated heterocycles. The van der Waals surface area contributed by atoms with Crippen LogP contribution in [0.5, 0.6) is 0 Å². The highest BCUT2D eigenvalue weighted by molar-refractivity contribution is 5.82. The van der Waals surface area contributed by atoms with Gasteiger partial charge in [-0.25, -0.2) is 0 Å². The van der Waals surface area contributed by atoms with E-state index in [1.165, 1.54) is 0 Å². The number of hydrogen-bond donors (Lipinski definition) is 6. The van der Waals surface area contributed by atoms with Crippen LogP contribution in [0, 0.1) is 35.0 Å². The zero-order valence-corrected chi connectivity index (χ0v) is 28.5. The van der Waals surface area contributed by atoms with E-state index >= 15 is 0 Å². The molecule has 0 aromatic carbocycles. The maximum Gasteiger partial charge on any atom is 0.139 e. The van der Waals surface area contributed by atoms with Crippen LogP contribution >= 0.6 is 0 Å². The van der Waals surface area contributed by atoms with Gasteiger partial charge in [-0.2, -0.15) is 0 Å². The topological polar surface area (TPSA) is 159 Å².